The molecule has 0 saturated heterocycles. The molecule has 2 atom stereocenters. The number of carboxylic acid groups (broad SMARTS) is 1. The van der Waals surface area contributed by atoms with Crippen molar-refractivity contribution in [3.05, 3.63) is 59.7 Å². The van der Waals surface area contributed by atoms with Gasteiger partial charge >= 0.3 is 18.0 Å². The summed E-state index contributed by atoms with van der Waals surface area (Å²) in [7, 11) is 1.10. The Hall–Kier alpha value is -3.92. The fourth-order valence-corrected chi connectivity index (χ4v) is 3.84. The molecule has 180 valence electrons. The van der Waals surface area contributed by atoms with E-state index in [2.05, 4.69) is 15.4 Å². The van der Waals surface area contributed by atoms with Crippen LogP contribution in [0.25, 0.3) is 11.1 Å². The lowest BCUT2D eigenvalue weighted by atomic mass is 9.98. The number of aliphatic hydroxyl groups excluding tert-OH is 1. The number of ether oxygens (including phenoxy) is 2. The predicted molar refractivity (Wildman–Crippen MR) is 120 cm³/mol. The largest absolute Gasteiger partial charge is 0.480 e. The van der Waals surface area contributed by atoms with Crippen LogP contribution in [0.2, 0.25) is 0 Å². The highest BCUT2D eigenvalue weighted by Gasteiger charge is 2.29. The van der Waals surface area contributed by atoms with E-state index in [1.807, 2.05) is 48.5 Å². The summed E-state index contributed by atoms with van der Waals surface area (Å²) in [5.74, 6) is -3.12. The Kier molecular flexibility index (Phi) is 8.20. The molecular weight excluding hydrogens is 444 g/mol. The molecule has 1 aliphatic carbocycles. The van der Waals surface area contributed by atoms with Gasteiger partial charge in [0.05, 0.1) is 26.1 Å². The first-order valence-corrected chi connectivity index (χ1v) is 10.7. The minimum atomic E-state index is -1.48. The lowest BCUT2D eigenvalue weighted by Gasteiger charge is -2.17. The SMILES string of the molecule is COC(=O)C[C@@H](NC(=O)CC(O)CNC(=O)OCC1c2ccccc2-c2ccccc21)C(=O)O. The van der Waals surface area contributed by atoms with Crippen LogP contribution in [0.15, 0.2) is 48.5 Å². The standard InChI is InChI=1S/C24H26N2O8/c1-33-22(29)11-20(23(30)31)26-21(28)10-14(27)12-25-24(32)34-13-19-17-8-4-2-6-15(17)16-7-3-5-9-18(16)19/h2-9,14,19-20,27H,10-13H2,1H3,(H,25,32)(H,26,28)(H,30,31)/t14?,20-/m1/s1. The molecule has 0 aromatic heterocycles. The number of amides is 2. The molecule has 0 heterocycles. The average Bonchev–Trinajstić information content (AvgIpc) is 3.14. The number of aliphatic hydroxyl groups is 1. The Bertz CT molecular complexity index is 1020. The van der Waals surface area contributed by atoms with Crippen molar-refractivity contribution in [2.45, 2.75) is 30.9 Å². The first-order valence-electron chi connectivity index (χ1n) is 10.7. The normalized spacial score (nSPS) is 13.7. The number of carbonyl (C=O) groups excluding carboxylic acids is 3. The third kappa shape index (κ3) is 6.10. The minimum absolute atomic E-state index is 0.101. The molecule has 2 amide bonds. The molecule has 10 nitrogen and oxygen atoms in total. The fraction of sp³-hybridized carbons (Fsp3) is 0.333. The van der Waals surface area contributed by atoms with Gasteiger partial charge < -0.3 is 30.3 Å². The van der Waals surface area contributed by atoms with Crippen molar-refractivity contribution >= 4 is 23.9 Å². The van der Waals surface area contributed by atoms with E-state index in [0.29, 0.717) is 0 Å². The lowest BCUT2D eigenvalue weighted by molar-refractivity contribution is -0.148. The number of carboxylic acids is 1. The van der Waals surface area contributed by atoms with E-state index < -0.39 is 48.9 Å². The van der Waals surface area contributed by atoms with Crippen molar-refractivity contribution in [1.82, 2.24) is 10.6 Å². The molecule has 0 spiro atoms. The molecule has 34 heavy (non-hydrogen) atoms. The van der Waals surface area contributed by atoms with Gasteiger partial charge in [0.1, 0.15) is 12.6 Å². The molecule has 1 aliphatic rings. The number of alkyl carbamates (subject to hydrolysis) is 1. The molecule has 2 aromatic carbocycles. The van der Waals surface area contributed by atoms with E-state index in [1.54, 1.807) is 0 Å². The fourth-order valence-electron chi connectivity index (χ4n) is 3.84. The maximum absolute atomic E-state index is 12.2. The summed E-state index contributed by atoms with van der Waals surface area (Å²) in [6, 6.07) is 14.3. The maximum atomic E-state index is 12.2. The van der Waals surface area contributed by atoms with Gasteiger partial charge in [0, 0.05) is 12.5 Å². The van der Waals surface area contributed by atoms with Crippen molar-refractivity contribution in [2.24, 2.45) is 0 Å². The molecular formula is C24H26N2O8. The molecule has 0 bridgehead atoms. The molecule has 0 saturated carbocycles. The Morgan fingerprint density at radius 1 is 0.971 bits per heavy atom. The van der Waals surface area contributed by atoms with Crippen LogP contribution >= 0.6 is 0 Å². The number of hydrogen-bond donors (Lipinski definition) is 4. The summed E-state index contributed by atoms with van der Waals surface area (Å²) in [5.41, 5.74) is 4.32. The zero-order valence-corrected chi connectivity index (χ0v) is 18.5. The highest BCUT2D eigenvalue weighted by Crippen LogP contribution is 2.44. The van der Waals surface area contributed by atoms with Crippen LogP contribution < -0.4 is 10.6 Å². The predicted octanol–water partition coefficient (Wildman–Crippen LogP) is 1.41. The van der Waals surface area contributed by atoms with Crippen LogP contribution in [-0.4, -0.2) is 66.6 Å². The summed E-state index contributed by atoms with van der Waals surface area (Å²) in [6.07, 6.45) is -3.07. The molecule has 2 aromatic rings. The highest BCUT2D eigenvalue weighted by molar-refractivity contribution is 5.87. The number of hydrogen-bond acceptors (Lipinski definition) is 7. The number of nitrogens with one attached hydrogen (secondary N) is 2. The monoisotopic (exact) mass is 470 g/mol. The topological polar surface area (TPSA) is 151 Å². The minimum Gasteiger partial charge on any atom is -0.480 e. The van der Waals surface area contributed by atoms with Crippen LogP contribution in [0.5, 0.6) is 0 Å². The number of fused-ring (bicyclic) bond motifs is 3. The van der Waals surface area contributed by atoms with Gasteiger partial charge in [0.15, 0.2) is 0 Å². The van der Waals surface area contributed by atoms with Crippen LogP contribution in [0.1, 0.15) is 29.9 Å². The number of esters is 1. The second-order valence-electron chi connectivity index (χ2n) is 7.80. The van der Waals surface area contributed by atoms with Crippen molar-refractivity contribution < 1.29 is 38.9 Å². The summed E-state index contributed by atoms with van der Waals surface area (Å²) in [4.78, 5) is 46.6. The molecule has 0 aliphatic heterocycles. The smallest absolute Gasteiger partial charge is 0.407 e. The summed E-state index contributed by atoms with van der Waals surface area (Å²) >= 11 is 0. The average molecular weight is 470 g/mol. The Morgan fingerprint density at radius 2 is 1.56 bits per heavy atom. The van der Waals surface area contributed by atoms with E-state index in [9.17, 15) is 24.3 Å². The van der Waals surface area contributed by atoms with Gasteiger partial charge in [-0.25, -0.2) is 9.59 Å². The second-order valence-corrected chi connectivity index (χ2v) is 7.80. The zero-order valence-electron chi connectivity index (χ0n) is 18.5. The van der Waals surface area contributed by atoms with Crippen molar-refractivity contribution in [1.29, 1.82) is 0 Å². The van der Waals surface area contributed by atoms with Crippen LogP contribution in [0.3, 0.4) is 0 Å². The number of rotatable bonds is 10. The Morgan fingerprint density at radius 3 is 2.12 bits per heavy atom. The van der Waals surface area contributed by atoms with Crippen molar-refractivity contribution in [3.8, 4) is 11.1 Å². The van der Waals surface area contributed by atoms with E-state index in [0.717, 1.165) is 29.4 Å². The summed E-state index contributed by atoms with van der Waals surface area (Å²) < 4.78 is 9.75. The molecule has 4 N–H and O–H groups in total. The van der Waals surface area contributed by atoms with Gasteiger partial charge in [0.2, 0.25) is 5.91 Å². The molecule has 10 heteroatoms. The van der Waals surface area contributed by atoms with Crippen LogP contribution in [0, 0.1) is 0 Å². The summed E-state index contributed by atoms with van der Waals surface area (Å²) in [6.45, 7) is -0.177. The summed E-state index contributed by atoms with van der Waals surface area (Å²) in [5, 5.41) is 23.6. The zero-order chi connectivity index (χ0) is 24.7. The van der Waals surface area contributed by atoms with Gasteiger partial charge in [-0.3, -0.25) is 9.59 Å². The third-order valence-corrected chi connectivity index (χ3v) is 5.48. The first kappa shape index (κ1) is 24.7. The van der Waals surface area contributed by atoms with Crippen molar-refractivity contribution in [3.63, 3.8) is 0 Å². The van der Waals surface area contributed by atoms with Crippen LogP contribution in [-0.2, 0) is 23.9 Å². The van der Waals surface area contributed by atoms with Gasteiger partial charge in [-0.2, -0.15) is 0 Å². The number of carbonyl (C=O) groups is 4. The number of benzene rings is 2. The lowest BCUT2D eigenvalue weighted by Crippen LogP contribution is -2.44. The van der Waals surface area contributed by atoms with E-state index in [4.69, 9.17) is 9.84 Å². The number of methoxy groups -OCH3 is 1. The first-order chi connectivity index (χ1) is 16.3. The molecule has 1 unspecified atom stereocenters. The second kappa shape index (κ2) is 11.3. The quantitative estimate of drug-likeness (QED) is 0.381. The van der Waals surface area contributed by atoms with E-state index >= 15 is 0 Å². The van der Waals surface area contributed by atoms with Crippen molar-refractivity contribution in [2.75, 3.05) is 20.3 Å². The Balaban J connectivity index is 1.46. The van der Waals surface area contributed by atoms with E-state index in [1.165, 1.54) is 0 Å². The maximum Gasteiger partial charge on any atom is 0.407 e. The highest BCUT2D eigenvalue weighted by atomic mass is 16.5. The van der Waals surface area contributed by atoms with E-state index in [-0.39, 0.29) is 19.1 Å². The van der Waals surface area contributed by atoms with Gasteiger partial charge in [-0.05, 0) is 22.3 Å². The van der Waals surface area contributed by atoms with Gasteiger partial charge in [0.25, 0.3) is 0 Å². The third-order valence-electron chi connectivity index (χ3n) is 5.48. The Labute approximate surface area is 195 Å². The molecule has 0 radical (unpaired) electrons. The molecule has 0 fully saturated rings. The van der Waals surface area contributed by atoms with Crippen LogP contribution in [0.4, 0.5) is 4.79 Å². The van der Waals surface area contributed by atoms with Gasteiger partial charge in [-0.15, -0.1) is 0 Å². The molecule has 3 rings (SSSR count). The van der Waals surface area contributed by atoms with Gasteiger partial charge in [-0.1, -0.05) is 48.5 Å². The number of aliphatic carboxylic acids is 1.